The largest absolute Gasteiger partial charge is 0.320 e. The van der Waals surface area contributed by atoms with Crippen LogP contribution in [0.25, 0.3) is 11.0 Å². The smallest absolute Gasteiger partial charge is 0.128 e. The number of halogens is 2. The highest BCUT2D eigenvalue weighted by Crippen LogP contribution is 2.28. The Morgan fingerprint density at radius 3 is 2.86 bits per heavy atom. The van der Waals surface area contributed by atoms with E-state index in [1.165, 1.54) is 4.88 Å². The zero-order chi connectivity index (χ0) is 15.0. The fourth-order valence-corrected chi connectivity index (χ4v) is 3.50. The van der Waals surface area contributed by atoms with Crippen molar-refractivity contribution >= 4 is 45.6 Å². The standard InChI is InChI=1S/C15H15Cl2N3S/c1-3-11-7-18-14(21-11)8-20-13-5-4-10(17)6-12(13)19-15(20)9(2)16/h4-7,9H,3,8H2,1-2H3. The lowest BCUT2D eigenvalue weighted by molar-refractivity contribution is 0.738. The van der Waals surface area contributed by atoms with Gasteiger partial charge in [-0.15, -0.1) is 22.9 Å². The number of fused-ring (bicyclic) bond motifs is 1. The normalized spacial score (nSPS) is 13.0. The number of hydrogen-bond donors (Lipinski definition) is 0. The minimum atomic E-state index is -0.165. The van der Waals surface area contributed by atoms with Gasteiger partial charge in [0.1, 0.15) is 10.8 Å². The maximum absolute atomic E-state index is 6.28. The van der Waals surface area contributed by atoms with E-state index in [0.717, 1.165) is 28.3 Å². The molecule has 3 nitrogen and oxygen atoms in total. The molecule has 0 fully saturated rings. The van der Waals surface area contributed by atoms with Crippen molar-refractivity contribution in [2.45, 2.75) is 32.2 Å². The molecule has 6 heteroatoms. The predicted molar refractivity (Wildman–Crippen MR) is 89.6 cm³/mol. The number of imidazole rings is 1. The van der Waals surface area contributed by atoms with Crippen molar-refractivity contribution in [2.75, 3.05) is 0 Å². The lowest BCUT2D eigenvalue weighted by Gasteiger charge is -2.08. The van der Waals surface area contributed by atoms with Gasteiger partial charge in [0.05, 0.1) is 23.0 Å². The number of aryl methyl sites for hydroxylation is 1. The summed E-state index contributed by atoms with van der Waals surface area (Å²) in [6.07, 6.45) is 2.95. The summed E-state index contributed by atoms with van der Waals surface area (Å²) in [6, 6.07) is 5.74. The van der Waals surface area contributed by atoms with E-state index in [1.807, 2.05) is 31.3 Å². The van der Waals surface area contributed by atoms with Crippen LogP contribution in [0.1, 0.15) is 34.9 Å². The maximum Gasteiger partial charge on any atom is 0.128 e. The zero-order valence-corrected chi connectivity index (χ0v) is 14.1. The van der Waals surface area contributed by atoms with E-state index in [1.54, 1.807) is 11.3 Å². The number of hydrogen-bond acceptors (Lipinski definition) is 3. The topological polar surface area (TPSA) is 30.7 Å². The third-order valence-corrected chi connectivity index (χ3v) is 4.90. The van der Waals surface area contributed by atoms with Gasteiger partial charge < -0.3 is 4.57 Å². The van der Waals surface area contributed by atoms with Crippen LogP contribution in [0, 0.1) is 0 Å². The van der Waals surface area contributed by atoms with Crippen LogP contribution in [-0.2, 0) is 13.0 Å². The van der Waals surface area contributed by atoms with Gasteiger partial charge in [-0.05, 0) is 31.5 Å². The van der Waals surface area contributed by atoms with Gasteiger partial charge in [-0.3, -0.25) is 0 Å². The average molecular weight is 340 g/mol. The summed E-state index contributed by atoms with van der Waals surface area (Å²) in [5.41, 5.74) is 1.91. The van der Waals surface area contributed by atoms with Crippen LogP contribution in [0.4, 0.5) is 0 Å². The lowest BCUT2D eigenvalue weighted by atomic mass is 10.3. The van der Waals surface area contributed by atoms with E-state index in [0.29, 0.717) is 11.6 Å². The van der Waals surface area contributed by atoms with E-state index in [2.05, 4.69) is 21.5 Å². The van der Waals surface area contributed by atoms with Gasteiger partial charge in [-0.2, -0.15) is 0 Å². The van der Waals surface area contributed by atoms with Crippen molar-refractivity contribution < 1.29 is 0 Å². The van der Waals surface area contributed by atoms with Gasteiger partial charge in [0.2, 0.25) is 0 Å². The van der Waals surface area contributed by atoms with Crippen LogP contribution in [0.15, 0.2) is 24.4 Å². The second kappa shape index (κ2) is 5.95. The summed E-state index contributed by atoms with van der Waals surface area (Å²) in [7, 11) is 0. The lowest BCUT2D eigenvalue weighted by Crippen LogP contribution is -2.05. The first kappa shape index (κ1) is 14.8. The minimum absolute atomic E-state index is 0.165. The molecule has 0 radical (unpaired) electrons. The Morgan fingerprint density at radius 2 is 2.19 bits per heavy atom. The summed E-state index contributed by atoms with van der Waals surface area (Å²) in [6.45, 7) is 4.76. The molecule has 0 aliphatic rings. The fourth-order valence-electron chi connectivity index (χ4n) is 2.31. The summed E-state index contributed by atoms with van der Waals surface area (Å²) >= 11 is 14.1. The summed E-state index contributed by atoms with van der Waals surface area (Å²) in [5, 5.41) is 1.59. The molecule has 2 heterocycles. The summed E-state index contributed by atoms with van der Waals surface area (Å²) in [5.74, 6) is 0.849. The fraction of sp³-hybridized carbons (Fsp3) is 0.333. The van der Waals surface area contributed by atoms with E-state index in [9.17, 15) is 0 Å². The van der Waals surface area contributed by atoms with Gasteiger partial charge in [0.25, 0.3) is 0 Å². The number of aromatic nitrogens is 3. The van der Waals surface area contributed by atoms with Gasteiger partial charge >= 0.3 is 0 Å². The molecule has 1 atom stereocenters. The number of alkyl halides is 1. The number of nitrogens with zero attached hydrogens (tertiary/aromatic N) is 3. The van der Waals surface area contributed by atoms with Gasteiger partial charge in [-0.1, -0.05) is 18.5 Å². The molecule has 3 aromatic rings. The van der Waals surface area contributed by atoms with Crippen LogP contribution in [0.5, 0.6) is 0 Å². The Morgan fingerprint density at radius 1 is 1.38 bits per heavy atom. The van der Waals surface area contributed by atoms with Crippen LogP contribution in [0.2, 0.25) is 5.02 Å². The number of rotatable bonds is 4. The summed E-state index contributed by atoms with van der Waals surface area (Å²) < 4.78 is 2.13. The first-order chi connectivity index (χ1) is 10.1. The minimum Gasteiger partial charge on any atom is -0.320 e. The second-order valence-corrected chi connectivity index (χ2v) is 7.17. The molecule has 0 amide bonds. The quantitative estimate of drug-likeness (QED) is 0.622. The van der Waals surface area contributed by atoms with E-state index >= 15 is 0 Å². The molecule has 1 unspecified atom stereocenters. The molecular formula is C15H15Cl2N3S. The first-order valence-corrected chi connectivity index (χ1v) is 8.45. The highest BCUT2D eigenvalue weighted by atomic mass is 35.5. The third kappa shape index (κ3) is 2.93. The van der Waals surface area contributed by atoms with Gasteiger partial charge in [0.15, 0.2) is 0 Å². The molecule has 0 aliphatic heterocycles. The van der Waals surface area contributed by atoms with E-state index in [-0.39, 0.29) is 5.38 Å². The molecule has 3 rings (SSSR count). The molecule has 0 saturated heterocycles. The van der Waals surface area contributed by atoms with Crippen molar-refractivity contribution in [3.05, 3.63) is 45.1 Å². The van der Waals surface area contributed by atoms with Gasteiger partial charge in [-0.25, -0.2) is 9.97 Å². The van der Waals surface area contributed by atoms with Crippen molar-refractivity contribution in [3.63, 3.8) is 0 Å². The van der Waals surface area contributed by atoms with Crippen molar-refractivity contribution in [1.82, 2.24) is 14.5 Å². The van der Waals surface area contributed by atoms with Crippen molar-refractivity contribution in [2.24, 2.45) is 0 Å². The Labute approximate surface area is 137 Å². The van der Waals surface area contributed by atoms with E-state index < -0.39 is 0 Å². The predicted octanol–water partition coefficient (Wildman–Crippen LogP) is 5.06. The zero-order valence-electron chi connectivity index (χ0n) is 11.8. The molecule has 110 valence electrons. The molecule has 21 heavy (non-hydrogen) atoms. The molecule has 1 aromatic carbocycles. The SMILES string of the molecule is CCc1cnc(Cn2c(C(C)Cl)nc3cc(Cl)ccc32)s1. The Hall–Kier alpha value is -1.10. The Bertz CT molecular complexity index is 776. The molecule has 0 aliphatic carbocycles. The molecule has 0 bridgehead atoms. The molecule has 2 aromatic heterocycles. The molecule has 0 N–H and O–H groups in total. The molecule has 0 saturated carbocycles. The van der Waals surface area contributed by atoms with Crippen LogP contribution in [0.3, 0.4) is 0 Å². The van der Waals surface area contributed by atoms with Crippen LogP contribution >= 0.6 is 34.5 Å². The number of thiazole rings is 1. The third-order valence-electron chi connectivity index (χ3n) is 3.34. The Balaban J connectivity index is 2.08. The highest BCUT2D eigenvalue weighted by molar-refractivity contribution is 7.11. The maximum atomic E-state index is 6.28. The molecular weight excluding hydrogens is 325 g/mol. The van der Waals surface area contributed by atoms with Gasteiger partial charge in [0, 0.05) is 16.1 Å². The van der Waals surface area contributed by atoms with Crippen LogP contribution in [-0.4, -0.2) is 14.5 Å². The van der Waals surface area contributed by atoms with E-state index in [4.69, 9.17) is 23.2 Å². The highest BCUT2D eigenvalue weighted by Gasteiger charge is 2.16. The second-order valence-electron chi connectivity index (χ2n) is 4.88. The Kier molecular flexibility index (Phi) is 4.20. The number of benzene rings is 1. The average Bonchev–Trinajstić information content (AvgIpc) is 3.04. The monoisotopic (exact) mass is 339 g/mol. The van der Waals surface area contributed by atoms with Crippen LogP contribution < -0.4 is 0 Å². The molecule has 0 spiro atoms. The van der Waals surface area contributed by atoms with Crippen molar-refractivity contribution in [3.8, 4) is 0 Å². The van der Waals surface area contributed by atoms with Crippen molar-refractivity contribution in [1.29, 1.82) is 0 Å². The first-order valence-electron chi connectivity index (χ1n) is 6.81. The summed E-state index contributed by atoms with van der Waals surface area (Å²) in [4.78, 5) is 10.4.